The Morgan fingerprint density at radius 2 is 1.94 bits per heavy atom. The second kappa shape index (κ2) is 4.32. The average molecular weight is 237 g/mol. The van der Waals surface area contributed by atoms with Crippen LogP contribution in [0.25, 0.3) is 10.8 Å². The van der Waals surface area contributed by atoms with Gasteiger partial charge in [0.05, 0.1) is 18.2 Å². The topological polar surface area (TPSA) is 29.5 Å². The van der Waals surface area contributed by atoms with Crippen molar-refractivity contribution in [3.63, 3.8) is 0 Å². The van der Waals surface area contributed by atoms with Gasteiger partial charge in [0.2, 0.25) is 0 Å². The van der Waals surface area contributed by atoms with E-state index < -0.39 is 6.10 Å². The molecule has 0 amide bonds. The van der Waals surface area contributed by atoms with Crippen LogP contribution < -0.4 is 4.74 Å². The lowest BCUT2D eigenvalue weighted by molar-refractivity contribution is 0.199. The molecule has 1 atom stereocenters. The van der Waals surface area contributed by atoms with Gasteiger partial charge in [-0.2, -0.15) is 0 Å². The van der Waals surface area contributed by atoms with E-state index in [0.29, 0.717) is 10.8 Å². The summed E-state index contributed by atoms with van der Waals surface area (Å²) < 4.78 is 5.15. The Labute approximate surface area is 99.4 Å². The number of aliphatic hydroxyl groups is 1. The van der Waals surface area contributed by atoms with Gasteiger partial charge in [-0.15, -0.1) is 0 Å². The highest BCUT2D eigenvalue weighted by atomic mass is 35.5. The van der Waals surface area contributed by atoms with Crippen molar-refractivity contribution in [3.8, 4) is 5.75 Å². The third kappa shape index (κ3) is 1.99. The summed E-state index contributed by atoms with van der Waals surface area (Å²) in [6, 6.07) is 9.53. The first kappa shape index (κ1) is 11.2. The average Bonchev–Trinajstić information content (AvgIpc) is 2.27. The highest BCUT2D eigenvalue weighted by Crippen LogP contribution is 2.31. The molecule has 0 aliphatic rings. The van der Waals surface area contributed by atoms with Gasteiger partial charge in [0, 0.05) is 0 Å². The number of aliphatic hydroxyl groups excluding tert-OH is 1. The fourth-order valence-corrected chi connectivity index (χ4v) is 1.93. The molecule has 2 aromatic rings. The second-order valence-corrected chi connectivity index (χ2v) is 4.18. The minimum atomic E-state index is -0.467. The number of hydrogen-bond acceptors (Lipinski definition) is 2. The van der Waals surface area contributed by atoms with E-state index in [1.165, 1.54) is 0 Å². The molecular formula is C13H13ClO2. The number of ether oxygens (including phenoxy) is 1. The molecule has 0 saturated heterocycles. The largest absolute Gasteiger partial charge is 0.495 e. The van der Waals surface area contributed by atoms with Crippen LogP contribution in [0.5, 0.6) is 5.75 Å². The molecule has 1 unspecified atom stereocenters. The van der Waals surface area contributed by atoms with Crippen LogP contribution in [0.4, 0.5) is 0 Å². The van der Waals surface area contributed by atoms with Crippen LogP contribution in [-0.4, -0.2) is 12.2 Å². The summed E-state index contributed by atoms with van der Waals surface area (Å²) >= 11 is 6.05. The van der Waals surface area contributed by atoms with Crippen molar-refractivity contribution < 1.29 is 9.84 Å². The van der Waals surface area contributed by atoms with Gasteiger partial charge in [-0.1, -0.05) is 23.7 Å². The Hall–Kier alpha value is -1.25. The molecule has 0 spiro atoms. The van der Waals surface area contributed by atoms with Crippen molar-refractivity contribution in [3.05, 3.63) is 40.9 Å². The van der Waals surface area contributed by atoms with Crippen LogP contribution >= 0.6 is 11.6 Å². The summed E-state index contributed by atoms with van der Waals surface area (Å²) in [4.78, 5) is 0. The lowest BCUT2D eigenvalue weighted by atomic mass is 10.0. The van der Waals surface area contributed by atoms with E-state index >= 15 is 0 Å². The van der Waals surface area contributed by atoms with Gasteiger partial charge in [-0.25, -0.2) is 0 Å². The van der Waals surface area contributed by atoms with Gasteiger partial charge in [0.15, 0.2) is 0 Å². The molecule has 0 aromatic heterocycles. The number of hydrogen-bond donors (Lipinski definition) is 1. The molecule has 0 aliphatic carbocycles. The molecule has 0 saturated carbocycles. The van der Waals surface area contributed by atoms with Crippen LogP contribution in [0.2, 0.25) is 5.02 Å². The maximum Gasteiger partial charge on any atom is 0.138 e. The van der Waals surface area contributed by atoms with E-state index in [9.17, 15) is 5.11 Å². The molecule has 84 valence electrons. The standard InChI is InChI=1S/C13H13ClO2/c1-8(15)9-3-4-10-7-13(16-2)12(14)6-11(10)5-9/h3-8,15H,1-2H3. The lowest BCUT2D eigenvalue weighted by Crippen LogP contribution is -1.91. The van der Waals surface area contributed by atoms with Crippen molar-refractivity contribution in [1.82, 2.24) is 0 Å². The van der Waals surface area contributed by atoms with Gasteiger partial charge in [0.25, 0.3) is 0 Å². The quantitative estimate of drug-likeness (QED) is 0.864. The van der Waals surface area contributed by atoms with Crippen LogP contribution in [0.1, 0.15) is 18.6 Å². The second-order valence-electron chi connectivity index (χ2n) is 3.77. The normalized spacial score (nSPS) is 12.8. The molecular weight excluding hydrogens is 224 g/mol. The van der Waals surface area contributed by atoms with E-state index in [1.54, 1.807) is 14.0 Å². The number of halogens is 1. The summed E-state index contributed by atoms with van der Waals surface area (Å²) in [5.74, 6) is 0.666. The minimum absolute atomic E-state index is 0.467. The monoisotopic (exact) mass is 236 g/mol. The number of methoxy groups -OCH3 is 1. The van der Waals surface area contributed by atoms with Crippen LogP contribution in [0.15, 0.2) is 30.3 Å². The third-order valence-electron chi connectivity index (χ3n) is 2.62. The van der Waals surface area contributed by atoms with Crippen molar-refractivity contribution >= 4 is 22.4 Å². The van der Waals surface area contributed by atoms with Crippen molar-refractivity contribution in [1.29, 1.82) is 0 Å². The lowest BCUT2D eigenvalue weighted by Gasteiger charge is -2.08. The van der Waals surface area contributed by atoms with E-state index in [2.05, 4.69) is 0 Å². The van der Waals surface area contributed by atoms with Crippen molar-refractivity contribution in [2.24, 2.45) is 0 Å². The Bertz CT molecular complexity index is 521. The van der Waals surface area contributed by atoms with Crippen LogP contribution in [0, 0.1) is 0 Å². The molecule has 1 N–H and O–H groups in total. The SMILES string of the molecule is COc1cc2ccc(C(C)O)cc2cc1Cl. The van der Waals surface area contributed by atoms with Crippen LogP contribution in [0.3, 0.4) is 0 Å². The first-order valence-electron chi connectivity index (χ1n) is 5.07. The van der Waals surface area contributed by atoms with Gasteiger partial charge < -0.3 is 9.84 Å². The molecule has 0 fully saturated rings. The van der Waals surface area contributed by atoms with Crippen LogP contribution in [-0.2, 0) is 0 Å². The predicted octanol–water partition coefficient (Wildman–Crippen LogP) is 3.56. The fourth-order valence-electron chi connectivity index (χ4n) is 1.68. The highest BCUT2D eigenvalue weighted by molar-refractivity contribution is 6.32. The first-order chi connectivity index (χ1) is 7.61. The molecule has 16 heavy (non-hydrogen) atoms. The molecule has 0 bridgehead atoms. The summed E-state index contributed by atoms with van der Waals surface area (Å²) in [5.41, 5.74) is 0.883. The number of rotatable bonds is 2. The smallest absolute Gasteiger partial charge is 0.138 e. The zero-order valence-electron chi connectivity index (χ0n) is 9.20. The fraction of sp³-hybridized carbons (Fsp3) is 0.231. The number of fused-ring (bicyclic) bond motifs is 1. The molecule has 3 heteroatoms. The van der Waals surface area contributed by atoms with E-state index in [0.717, 1.165) is 16.3 Å². The van der Waals surface area contributed by atoms with Gasteiger partial charge >= 0.3 is 0 Å². The zero-order valence-corrected chi connectivity index (χ0v) is 9.95. The van der Waals surface area contributed by atoms with Gasteiger partial charge in [0.1, 0.15) is 5.75 Å². The molecule has 2 rings (SSSR count). The van der Waals surface area contributed by atoms with E-state index in [4.69, 9.17) is 16.3 Å². The van der Waals surface area contributed by atoms with E-state index in [1.807, 2.05) is 30.3 Å². The summed E-state index contributed by atoms with van der Waals surface area (Å²) in [6.07, 6.45) is -0.467. The van der Waals surface area contributed by atoms with Gasteiger partial charge in [-0.05, 0) is 41.5 Å². The maximum absolute atomic E-state index is 9.50. The third-order valence-corrected chi connectivity index (χ3v) is 2.91. The Kier molecular flexibility index (Phi) is 3.03. The summed E-state index contributed by atoms with van der Waals surface area (Å²) in [6.45, 7) is 1.74. The summed E-state index contributed by atoms with van der Waals surface area (Å²) in [7, 11) is 1.59. The predicted molar refractivity (Wildman–Crippen MR) is 66.1 cm³/mol. The maximum atomic E-state index is 9.50. The molecule has 2 nitrogen and oxygen atoms in total. The Balaban J connectivity index is 2.62. The van der Waals surface area contributed by atoms with Crippen molar-refractivity contribution in [2.75, 3.05) is 7.11 Å². The molecule has 0 heterocycles. The van der Waals surface area contributed by atoms with Gasteiger partial charge in [-0.3, -0.25) is 0 Å². The Morgan fingerprint density at radius 3 is 2.56 bits per heavy atom. The zero-order chi connectivity index (χ0) is 11.7. The number of benzene rings is 2. The van der Waals surface area contributed by atoms with E-state index in [-0.39, 0.29) is 0 Å². The molecule has 2 aromatic carbocycles. The first-order valence-corrected chi connectivity index (χ1v) is 5.45. The molecule has 0 aliphatic heterocycles. The minimum Gasteiger partial charge on any atom is -0.495 e. The molecule has 0 radical (unpaired) electrons. The summed E-state index contributed by atoms with van der Waals surface area (Å²) in [5, 5.41) is 12.1. The highest BCUT2D eigenvalue weighted by Gasteiger charge is 2.06. The van der Waals surface area contributed by atoms with Crippen molar-refractivity contribution in [2.45, 2.75) is 13.0 Å². The Morgan fingerprint density at radius 1 is 1.19 bits per heavy atom.